The molecule has 0 aromatic heterocycles. The molecule has 0 radical (unpaired) electrons. The first kappa shape index (κ1) is 18.2. The molecule has 9 heteroatoms. The molecule has 0 bridgehead atoms. The number of ketones is 1. The normalized spacial score (nSPS) is 19.1. The number of alkyl halides is 3. The van der Waals surface area contributed by atoms with Crippen molar-refractivity contribution >= 4 is 22.0 Å². The molecule has 2 aromatic rings. The molecule has 2 aromatic carbocycles. The third kappa shape index (κ3) is 3.49. The number of carbonyl (C=O) groups is 1. The van der Waals surface area contributed by atoms with Crippen LogP contribution in [0.25, 0.3) is 6.08 Å². The monoisotopic (exact) mass is 384 g/mol. The summed E-state index contributed by atoms with van der Waals surface area (Å²) in [4.78, 5) is 12.7. The lowest BCUT2D eigenvalue weighted by molar-refractivity contribution is -0.0670. The van der Waals surface area contributed by atoms with Crippen LogP contribution in [-0.4, -0.2) is 26.0 Å². The molecule has 0 saturated carbocycles. The summed E-state index contributed by atoms with van der Waals surface area (Å²) in [5.41, 5.74) is -5.44. The maximum Gasteiger partial charge on any atom is 0.523 e. The van der Waals surface area contributed by atoms with Crippen molar-refractivity contribution in [3.8, 4) is 5.75 Å². The second-order valence-electron chi connectivity index (χ2n) is 5.28. The van der Waals surface area contributed by atoms with Gasteiger partial charge in [-0.1, -0.05) is 42.5 Å². The Morgan fingerprint density at radius 1 is 1.00 bits per heavy atom. The molecule has 1 heterocycles. The van der Waals surface area contributed by atoms with Gasteiger partial charge in [0, 0.05) is 0 Å². The lowest BCUT2D eigenvalue weighted by Gasteiger charge is -2.27. The first-order chi connectivity index (χ1) is 12.2. The fraction of sp³-hybridized carbons (Fsp3) is 0.118. The molecule has 1 unspecified atom stereocenters. The third-order valence-electron chi connectivity index (χ3n) is 3.50. The topological polar surface area (TPSA) is 69.7 Å². The van der Waals surface area contributed by atoms with E-state index in [0.29, 0.717) is 5.56 Å². The van der Waals surface area contributed by atoms with Crippen molar-refractivity contribution < 1.29 is 35.3 Å². The molecule has 3 rings (SSSR count). The van der Waals surface area contributed by atoms with Crippen LogP contribution < -0.4 is 4.74 Å². The van der Waals surface area contributed by atoms with Gasteiger partial charge in [-0.15, -0.1) is 0 Å². The Morgan fingerprint density at radius 2 is 1.62 bits per heavy atom. The van der Waals surface area contributed by atoms with E-state index in [4.69, 9.17) is 4.74 Å². The smallest absolute Gasteiger partial charge is 0.458 e. The number of benzene rings is 2. The van der Waals surface area contributed by atoms with Gasteiger partial charge in [-0.2, -0.15) is 21.6 Å². The van der Waals surface area contributed by atoms with Crippen molar-refractivity contribution in [1.29, 1.82) is 0 Å². The predicted molar refractivity (Wildman–Crippen MR) is 85.7 cm³/mol. The maximum absolute atomic E-state index is 12.7. The van der Waals surface area contributed by atoms with Gasteiger partial charge in [0.05, 0.1) is 11.1 Å². The molecule has 26 heavy (non-hydrogen) atoms. The highest BCUT2D eigenvalue weighted by atomic mass is 32.2. The predicted octanol–water partition coefficient (Wildman–Crippen LogP) is 3.54. The molecule has 1 aliphatic rings. The first-order valence-corrected chi connectivity index (χ1v) is 8.66. The van der Waals surface area contributed by atoms with Crippen molar-refractivity contribution in [3.05, 3.63) is 71.3 Å². The SMILES string of the molecule is O=C1C(=Cc2ccccc2)C(OS(=O)(=O)C(F)(F)F)Oc2ccccc21. The highest BCUT2D eigenvalue weighted by Crippen LogP contribution is 2.35. The minimum absolute atomic E-state index is 0.0647. The molecule has 0 spiro atoms. The van der Waals surface area contributed by atoms with Crippen LogP contribution in [0, 0.1) is 0 Å². The van der Waals surface area contributed by atoms with Crippen LogP contribution in [0.4, 0.5) is 13.2 Å². The van der Waals surface area contributed by atoms with Crippen molar-refractivity contribution in [2.75, 3.05) is 0 Å². The number of carbonyl (C=O) groups excluding carboxylic acids is 1. The van der Waals surface area contributed by atoms with Crippen LogP contribution in [-0.2, 0) is 14.3 Å². The number of ether oxygens (including phenoxy) is 1. The average Bonchev–Trinajstić information content (AvgIpc) is 2.58. The molecule has 5 nitrogen and oxygen atoms in total. The van der Waals surface area contributed by atoms with Crippen LogP contribution in [0.3, 0.4) is 0 Å². The molecule has 1 atom stereocenters. The Balaban J connectivity index is 2.08. The van der Waals surface area contributed by atoms with Gasteiger partial charge in [-0.25, -0.2) is 4.18 Å². The number of rotatable bonds is 3. The van der Waals surface area contributed by atoms with E-state index >= 15 is 0 Å². The van der Waals surface area contributed by atoms with Gasteiger partial charge >= 0.3 is 15.6 Å². The van der Waals surface area contributed by atoms with Gasteiger partial charge in [-0.3, -0.25) is 4.79 Å². The molecule has 0 saturated heterocycles. The highest BCUT2D eigenvalue weighted by molar-refractivity contribution is 7.87. The summed E-state index contributed by atoms with van der Waals surface area (Å²) in [6.45, 7) is 0. The Hall–Kier alpha value is -2.65. The fourth-order valence-electron chi connectivity index (χ4n) is 2.30. The van der Waals surface area contributed by atoms with Crippen LogP contribution >= 0.6 is 0 Å². The minimum atomic E-state index is -5.97. The summed E-state index contributed by atoms with van der Waals surface area (Å²) >= 11 is 0. The van der Waals surface area contributed by atoms with Gasteiger partial charge in [0.15, 0.2) is 5.78 Å². The maximum atomic E-state index is 12.7. The standard InChI is InChI=1S/C17H11F3O5S/c18-17(19,20)26(22,23)25-16-13(10-11-6-2-1-3-7-11)15(21)12-8-4-5-9-14(12)24-16/h1-10,16H. The summed E-state index contributed by atoms with van der Waals surface area (Å²) in [6.07, 6.45) is -0.821. The van der Waals surface area contributed by atoms with Gasteiger partial charge in [0.2, 0.25) is 6.29 Å². The average molecular weight is 384 g/mol. The minimum Gasteiger partial charge on any atom is -0.458 e. The van der Waals surface area contributed by atoms with E-state index in [2.05, 4.69) is 4.18 Å². The Labute approximate surface area is 146 Å². The molecule has 0 aliphatic carbocycles. The lowest BCUT2D eigenvalue weighted by Crippen LogP contribution is -2.38. The summed E-state index contributed by atoms with van der Waals surface area (Å²) in [7, 11) is -5.97. The van der Waals surface area contributed by atoms with Crippen molar-refractivity contribution in [2.24, 2.45) is 0 Å². The number of hydrogen-bond acceptors (Lipinski definition) is 5. The number of Topliss-reactive ketones (excluding diaryl/α,β-unsaturated/α-hetero) is 1. The second-order valence-corrected chi connectivity index (χ2v) is 6.85. The molecule has 0 fully saturated rings. The number of hydrogen-bond donors (Lipinski definition) is 0. The van der Waals surface area contributed by atoms with Crippen molar-refractivity contribution in [2.45, 2.75) is 11.8 Å². The molecule has 0 N–H and O–H groups in total. The van der Waals surface area contributed by atoms with Crippen LogP contribution in [0.1, 0.15) is 15.9 Å². The summed E-state index contributed by atoms with van der Waals surface area (Å²) in [6, 6.07) is 14.0. The Morgan fingerprint density at radius 3 is 2.27 bits per heavy atom. The summed E-state index contributed by atoms with van der Waals surface area (Å²) in [5.74, 6) is -0.747. The summed E-state index contributed by atoms with van der Waals surface area (Å²) < 4.78 is 70.1. The first-order valence-electron chi connectivity index (χ1n) is 7.25. The number of fused-ring (bicyclic) bond motifs is 1. The largest absolute Gasteiger partial charge is 0.523 e. The highest BCUT2D eigenvalue weighted by Gasteiger charge is 2.50. The van der Waals surface area contributed by atoms with E-state index in [1.165, 1.54) is 24.3 Å². The zero-order valence-corrected chi connectivity index (χ0v) is 13.8. The summed E-state index contributed by atoms with van der Waals surface area (Å²) in [5, 5.41) is 0. The van der Waals surface area contributed by atoms with Gasteiger partial charge < -0.3 is 4.74 Å². The third-order valence-corrected chi connectivity index (χ3v) is 4.50. The molecule has 136 valence electrons. The van der Waals surface area contributed by atoms with E-state index < -0.39 is 27.7 Å². The van der Waals surface area contributed by atoms with Gasteiger partial charge in [0.1, 0.15) is 5.75 Å². The van der Waals surface area contributed by atoms with E-state index in [1.54, 1.807) is 36.4 Å². The van der Waals surface area contributed by atoms with Gasteiger partial charge in [-0.05, 0) is 23.8 Å². The van der Waals surface area contributed by atoms with E-state index in [0.717, 1.165) is 0 Å². The molecular formula is C17H11F3O5S. The van der Waals surface area contributed by atoms with E-state index in [-0.39, 0.29) is 16.9 Å². The molecule has 1 aliphatic heterocycles. The molecule has 0 amide bonds. The lowest BCUT2D eigenvalue weighted by atomic mass is 9.97. The molecular weight excluding hydrogens is 373 g/mol. The number of para-hydroxylation sites is 1. The van der Waals surface area contributed by atoms with Crippen molar-refractivity contribution in [1.82, 2.24) is 0 Å². The Kier molecular flexibility index (Phi) is 4.59. The Bertz CT molecular complexity index is 965. The second kappa shape index (κ2) is 6.58. The van der Waals surface area contributed by atoms with Crippen LogP contribution in [0.2, 0.25) is 0 Å². The zero-order valence-electron chi connectivity index (χ0n) is 12.9. The van der Waals surface area contributed by atoms with Gasteiger partial charge in [0.25, 0.3) is 0 Å². The van der Waals surface area contributed by atoms with E-state index in [1.807, 2.05) is 0 Å². The fourth-order valence-corrected chi connectivity index (χ4v) is 2.78. The van der Waals surface area contributed by atoms with Crippen LogP contribution in [0.15, 0.2) is 60.2 Å². The zero-order chi connectivity index (χ0) is 18.9. The quantitative estimate of drug-likeness (QED) is 0.460. The van der Waals surface area contributed by atoms with E-state index in [9.17, 15) is 26.4 Å². The number of halogens is 3. The van der Waals surface area contributed by atoms with Crippen molar-refractivity contribution in [3.63, 3.8) is 0 Å². The van der Waals surface area contributed by atoms with Crippen LogP contribution in [0.5, 0.6) is 5.75 Å².